The standard InChI is InChI=1S/C24H27N3O2/c1-4-27(21-7-5-6-18(2)16-21)23-13-10-20(17-26-23)24(28)25-15-14-19-8-11-22(29-3)12-9-19/h5-13,16-17H,4,14-15H2,1-3H3,(H,25,28). The van der Waals surface area contributed by atoms with Gasteiger partial charge in [0.25, 0.3) is 5.91 Å². The van der Waals surface area contributed by atoms with E-state index in [0.717, 1.165) is 35.8 Å². The van der Waals surface area contributed by atoms with Crippen molar-refractivity contribution in [3.05, 3.63) is 83.6 Å². The van der Waals surface area contributed by atoms with Gasteiger partial charge in [-0.15, -0.1) is 0 Å². The summed E-state index contributed by atoms with van der Waals surface area (Å²) in [5, 5.41) is 2.95. The summed E-state index contributed by atoms with van der Waals surface area (Å²) in [7, 11) is 1.65. The number of anilines is 2. The minimum atomic E-state index is -0.115. The molecule has 0 saturated carbocycles. The number of carbonyl (C=O) groups is 1. The summed E-state index contributed by atoms with van der Waals surface area (Å²) in [6.07, 6.45) is 2.40. The minimum Gasteiger partial charge on any atom is -0.497 e. The molecule has 0 fully saturated rings. The predicted octanol–water partition coefficient (Wildman–Crippen LogP) is 4.53. The Morgan fingerprint density at radius 2 is 1.90 bits per heavy atom. The Morgan fingerprint density at radius 1 is 1.10 bits per heavy atom. The molecule has 0 atom stereocenters. The number of hydrogen-bond donors (Lipinski definition) is 1. The lowest BCUT2D eigenvalue weighted by Crippen LogP contribution is -2.26. The molecule has 0 aliphatic heterocycles. The third kappa shape index (κ3) is 5.35. The van der Waals surface area contributed by atoms with Crippen LogP contribution in [-0.2, 0) is 6.42 Å². The van der Waals surface area contributed by atoms with Crippen LogP contribution in [0.2, 0.25) is 0 Å². The fourth-order valence-corrected chi connectivity index (χ4v) is 3.17. The van der Waals surface area contributed by atoms with Crippen molar-refractivity contribution in [1.82, 2.24) is 10.3 Å². The maximum absolute atomic E-state index is 12.4. The summed E-state index contributed by atoms with van der Waals surface area (Å²) < 4.78 is 5.16. The molecule has 0 aliphatic carbocycles. The number of ether oxygens (including phenoxy) is 1. The van der Waals surface area contributed by atoms with Gasteiger partial charge in [0.15, 0.2) is 0 Å². The first-order valence-corrected chi connectivity index (χ1v) is 9.82. The maximum atomic E-state index is 12.4. The summed E-state index contributed by atoms with van der Waals surface area (Å²) >= 11 is 0. The molecule has 0 unspecified atom stereocenters. The SMILES string of the molecule is CCN(c1cccc(C)c1)c1ccc(C(=O)NCCc2ccc(OC)cc2)cn1. The van der Waals surface area contributed by atoms with Crippen molar-refractivity contribution in [2.75, 3.05) is 25.1 Å². The molecular formula is C24H27N3O2. The van der Waals surface area contributed by atoms with E-state index in [1.165, 1.54) is 5.56 Å². The van der Waals surface area contributed by atoms with Gasteiger partial charge >= 0.3 is 0 Å². The molecule has 1 N–H and O–H groups in total. The Hall–Kier alpha value is -3.34. The quantitative estimate of drug-likeness (QED) is 0.615. The van der Waals surface area contributed by atoms with E-state index in [1.54, 1.807) is 13.3 Å². The molecule has 5 nitrogen and oxygen atoms in total. The molecule has 0 spiro atoms. The highest BCUT2D eigenvalue weighted by Gasteiger charge is 2.11. The van der Waals surface area contributed by atoms with Crippen molar-refractivity contribution in [3.63, 3.8) is 0 Å². The van der Waals surface area contributed by atoms with E-state index in [9.17, 15) is 4.79 Å². The minimum absolute atomic E-state index is 0.115. The van der Waals surface area contributed by atoms with Crippen LogP contribution >= 0.6 is 0 Å². The summed E-state index contributed by atoms with van der Waals surface area (Å²) in [4.78, 5) is 19.1. The molecular weight excluding hydrogens is 362 g/mol. The van der Waals surface area contributed by atoms with E-state index in [1.807, 2.05) is 42.5 Å². The highest BCUT2D eigenvalue weighted by Crippen LogP contribution is 2.24. The summed E-state index contributed by atoms with van der Waals surface area (Å²) in [6, 6.07) is 19.9. The highest BCUT2D eigenvalue weighted by molar-refractivity contribution is 5.94. The molecule has 0 radical (unpaired) electrons. The van der Waals surface area contributed by atoms with Crippen LogP contribution in [0, 0.1) is 6.92 Å². The summed E-state index contributed by atoms with van der Waals surface area (Å²) in [5.74, 6) is 1.54. The second-order valence-corrected chi connectivity index (χ2v) is 6.84. The van der Waals surface area contributed by atoms with Gasteiger partial charge in [-0.2, -0.15) is 0 Å². The summed E-state index contributed by atoms with van der Waals surface area (Å²) in [6.45, 7) is 5.52. The van der Waals surface area contributed by atoms with Gasteiger partial charge in [-0.05, 0) is 67.8 Å². The van der Waals surface area contributed by atoms with Crippen LogP contribution in [0.25, 0.3) is 0 Å². The van der Waals surface area contributed by atoms with Crippen molar-refractivity contribution < 1.29 is 9.53 Å². The van der Waals surface area contributed by atoms with Crippen LogP contribution in [0.3, 0.4) is 0 Å². The van der Waals surface area contributed by atoms with Crippen molar-refractivity contribution in [1.29, 1.82) is 0 Å². The molecule has 3 rings (SSSR count). The number of nitrogens with one attached hydrogen (secondary N) is 1. The largest absolute Gasteiger partial charge is 0.497 e. The lowest BCUT2D eigenvalue weighted by atomic mass is 10.1. The Balaban J connectivity index is 1.59. The van der Waals surface area contributed by atoms with Gasteiger partial charge in [0.2, 0.25) is 0 Å². The Labute approximate surface area is 172 Å². The second kappa shape index (κ2) is 9.73. The van der Waals surface area contributed by atoms with E-state index in [2.05, 4.69) is 47.2 Å². The van der Waals surface area contributed by atoms with E-state index in [4.69, 9.17) is 4.74 Å². The van der Waals surface area contributed by atoms with Crippen molar-refractivity contribution >= 4 is 17.4 Å². The van der Waals surface area contributed by atoms with Gasteiger partial charge in [-0.25, -0.2) is 4.98 Å². The molecule has 150 valence electrons. The van der Waals surface area contributed by atoms with Crippen molar-refractivity contribution in [2.24, 2.45) is 0 Å². The first-order valence-electron chi connectivity index (χ1n) is 9.82. The number of rotatable bonds is 8. The molecule has 0 aliphatic rings. The number of carbonyl (C=O) groups excluding carboxylic acids is 1. The lowest BCUT2D eigenvalue weighted by molar-refractivity contribution is 0.0954. The smallest absolute Gasteiger partial charge is 0.252 e. The zero-order chi connectivity index (χ0) is 20.6. The fourth-order valence-electron chi connectivity index (χ4n) is 3.17. The Kier molecular flexibility index (Phi) is 6.85. The number of methoxy groups -OCH3 is 1. The number of amides is 1. The Bertz CT molecular complexity index is 937. The number of nitrogens with zero attached hydrogens (tertiary/aromatic N) is 2. The molecule has 0 saturated heterocycles. The van der Waals surface area contributed by atoms with Gasteiger partial charge in [-0.1, -0.05) is 24.3 Å². The average molecular weight is 389 g/mol. The van der Waals surface area contributed by atoms with Crippen LogP contribution in [0.5, 0.6) is 5.75 Å². The van der Waals surface area contributed by atoms with E-state index in [0.29, 0.717) is 12.1 Å². The summed E-state index contributed by atoms with van der Waals surface area (Å²) in [5.41, 5.74) is 4.01. The van der Waals surface area contributed by atoms with Crippen molar-refractivity contribution in [3.8, 4) is 5.75 Å². The van der Waals surface area contributed by atoms with E-state index < -0.39 is 0 Å². The molecule has 0 bridgehead atoms. The molecule has 1 amide bonds. The molecule has 29 heavy (non-hydrogen) atoms. The van der Waals surface area contributed by atoms with Crippen molar-refractivity contribution in [2.45, 2.75) is 20.3 Å². The van der Waals surface area contributed by atoms with E-state index in [-0.39, 0.29) is 5.91 Å². The number of pyridine rings is 1. The molecule has 1 aromatic heterocycles. The van der Waals surface area contributed by atoms with Crippen LogP contribution in [0.1, 0.15) is 28.4 Å². The zero-order valence-electron chi connectivity index (χ0n) is 17.2. The van der Waals surface area contributed by atoms with Gasteiger partial charge in [-0.3, -0.25) is 4.79 Å². The first-order chi connectivity index (χ1) is 14.1. The third-order valence-electron chi connectivity index (χ3n) is 4.77. The van der Waals surface area contributed by atoms with Gasteiger partial charge in [0.1, 0.15) is 11.6 Å². The Morgan fingerprint density at radius 3 is 2.52 bits per heavy atom. The van der Waals surface area contributed by atoms with Gasteiger partial charge in [0, 0.05) is 25.0 Å². The normalized spacial score (nSPS) is 10.4. The molecule has 2 aromatic carbocycles. The van der Waals surface area contributed by atoms with Crippen LogP contribution < -0.4 is 15.0 Å². The van der Waals surface area contributed by atoms with Crippen LogP contribution in [0.4, 0.5) is 11.5 Å². The third-order valence-corrected chi connectivity index (χ3v) is 4.77. The zero-order valence-corrected chi connectivity index (χ0v) is 17.2. The topological polar surface area (TPSA) is 54.5 Å². The van der Waals surface area contributed by atoms with Crippen LogP contribution in [-0.4, -0.2) is 31.1 Å². The average Bonchev–Trinajstić information content (AvgIpc) is 2.75. The van der Waals surface area contributed by atoms with Crippen LogP contribution in [0.15, 0.2) is 66.9 Å². The van der Waals surface area contributed by atoms with E-state index >= 15 is 0 Å². The molecule has 1 heterocycles. The first kappa shape index (κ1) is 20.4. The number of aromatic nitrogens is 1. The predicted molar refractivity (Wildman–Crippen MR) is 117 cm³/mol. The fraction of sp³-hybridized carbons (Fsp3) is 0.250. The highest BCUT2D eigenvalue weighted by atomic mass is 16.5. The number of hydrogen-bond acceptors (Lipinski definition) is 4. The maximum Gasteiger partial charge on any atom is 0.252 e. The monoisotopic (exact) mass is 389 g/mol. The lowest BCUT2D eigenvalue weighted by Gasteiger charge is -2.22. The second-order valence-electron chi connectivity index (χ2n) is 6.84. The van der Waals surface area contributed by atoms with Gasteiger partial charge in [0.05, 0.1) is 12.7 Å². The number of benzene rings is 2. The number of aryl methyl sites for hydroxylation is 1. The molecule has 3 aromatic rings. The molecule has 5 heteroatoms. The van der Waals surface area contributed by atoms with Gasteiger partial charge < -0.3 is 15.0 Å².